The van der Waals surface area contributed by atoms with Crippen LogP contribution in [0.3, 0.4) is 0 Å². The van der Waals surface area contributed by atoms with Gasteiger partial charge in [0.15, 0.2) is 0 Å². The molecule has 112 valence electrons. The Balaban J connectivity index is 2.00. The van der Waals surface area contributed by atoms with Gasteiger partial charge >= 0.3 is 0 Å². The molecule has 0 saturated carbocycles. The summed E-state index contributed by atoms with van der Waals surface area (Å²) in [7, 11) is 0. The standard InChI is InChI=1S/C17H23N3O/c1-4-18-14(3)16-6-5-11-20(16)12-17(21)19-15-9-7-13(2)8-10-15/h5-11,14,18H,4,12H2,1-3H3,(H,19,21). The van der Waals surface area contributed by atoms with E-state index >= 15 is 0 Å². The third-order valence-corrected chi connectivity index (χ3v) is 3.47. The van der Waals surface area contributed by atoms with Crippen LogP contribution in [0.15, 0.2) is 42.6 Å². The number of amides is 1. The van der Waals surface area contributed by atoms with Crippen LogP contribution in [0.5, 0.6) is 0 Å². The van der Waals surface area contributed by atoms with Gasteiger partial charge < -0.3 is 15.2 Å². The molecule has 2 aromatic rings. The van der Waals surface area contributed by atoms with Crippen molar-refractivity contribution in [2.24, 2.45) is 0 Å². The maximum atomic E-state index is 12.1. The first-order valence-electron chi connectivity index (χ1n) is 7.35. The largest absolute Gasteiger partial charge is 0.341 e. The summed E-state index contributed by atoms with van der Waals surface area (Å²) in [4.78, 5) is 12.1. The zero-order valence-electron chi connectivity index (χ0n) is 12.9. The highest BCUT2D eigenvalue weighted by Gasteiger charge is 2.11. The van der Waals surface area contributed by atoms with E-state index in [-0.39, 0.29) is 11.9 Å². The lowest BCUT2D eigenvalue weighted by molar-refractivity contribution is -0.116. The van der Waals surface area contributed by atoms with Crippen LogP contribution in [0.2, 0.25) is 0 Å². The molecule has 0 bridgehead atoms. The van der Waals surface area contributed by atoms with Crippen molar-refractivity contribution in [1.29, 1.82) is 0 Å². The van der Waals surface area contributed by atoms with Crippen LogP contribution in [0.25, 0.3) is 0 Å². The van der Waals surface area contributed by atoms with Crippen LogP contribution in [-0.2, 0) is 11.3 Å². The van der Waals surface area contributed by atoms with Crippen LogP contribution in [0.4, 0.5) is 5.69 Å². The van der Waals surface area contributed by atoms with Gasteiger partial charge in [0, 0.05) is 23.6 Å². The van der Waals surface area contributed by atoms with Crippen molar-refractivity contribution in [2.45, 2.75) is 33.4 Å². The summed E-state index contributed by atoms with van der Waals surface area (Å²) in [5.74, 6) is -0.0139. The zero-order valence-corrected chi connectivity index (χ0v) is 12.9. The molecule has 0 saturated heterocycles. The Morgan fingerprint density at radius 3 is 2.62 bits per heavy atom. The number of carbonyl (C=O) groups is 1. The number of benzene rings is 1. The lowest BCUT2D eigenvalue weighted by Crippen LogP contribution is -2.24. The molecule has 2 N–H and O–H groups in total. The molecule has 0 aliphatic heterocycles. The monoisotopic (exact) mass is 285 g/mol. The van der Waals surface area contributed by atoms with E-state index in [0.717, 1.165) is 17.9 Å². The topological polar surface area (TPSA) is 46.1 Å². The Labute approximate surface area is 126 Å². The highest BCUT2D eigenvalue weighted by Crippen LogP contribution is 2.14. The summed E-state index contributed by atoms with van der Waals surface area (Å²) in [5, 5.41) is 6.29. The van der Waals surface area contributed by atoms with Crippen molar-refractivity contribution < 1.29 is 4.79 Å². The van der Waals surface area contributed by atoms with Gasteiger partial charge in [-0.25, -0.2) is 0 Å². The smallest absolute Gasteiger partial charge is 0.244 e. The van der Waals surface area contributed by atoms with Gasteiger partial charge in [-0.15, -0.1) is 0 Å². The van der Waals surface area contributed by atoms with Crippen LogP contribution in [0, 0.1) is 6.92 Å². The van der Waals surface area contributed by atoms with Gasteiger partial charge in [0.05, 0.1) is 0 Å². The minimum absolute atomic E-state index is 0.0139. The Bertz CT molecular complexity index is 586. The number of carbonyl (C=O) groups excluding carboxylic acids is 1. The maximum absolute atomic E-state index is 12.1. The van der Waals surface area contributed by atoms with E-state index in [2.05, 4.69) is 24.5 Å². The summed E-state index contributed by atoms with van der Waals surface area (Å²) in [6.45, 7) is 7.44. The molecule has 1 aromatic carbocycles. The quantitative estimate of drug-likeness (QED) is 0.856. The van der Waals surface area contributed by atoms with Gasteiger partial charge in [0.2, 0.25) is 5.91 Å². The molecule has 0 radical (unpaired) electrons. The molecule has 1 aromatic heterocycles. The number of nitrogens with zero attached hydrogens (tertiary/aromatic N) is 1. The van der Waals surface area contributed by atoms with E-state index in [4.69, 9.17) is 0 Å². The Morgan fingerprint density at radius 2 is 1.95 bits per heavy atom. The lowest BCUT2D eigenvalue weighted by Gasteiger charge is -2.16. The molecular weight excluding hydrogens is 262 g/mol. The first kappa shape index (κ1) is 15.3. The number of rotatable bonds is 6. The van der Waals surface area contributed by atoms with Gasteiger partial charge in [-0.1, -0.05) is 24.6 Å². The fraction of sp³-hybridized carbons (Fsp3) is 0.353. The number of aromatic nitrogens is 1. The minimum Gasteiger partial charge on any atom is -0.341 e. The predicted molar refractivity (Wildman–Crippen MR) is 86.3 cm³/mol. The Hall–Kier alpha value is -2.07. The molecule has 4 nitrogen and oxygen atoms in total. The van der Waals surface area contributed by atoms with Crippen LogP contribution < -0.4 is 10.6 Å². The molecule has 4 heteroatoms. The number of hydrogen-bond acceptors (Lipinski definition) is 2. The predicted octanol–water partition coefficient (Wildman–Crippen LogP) is 3.11. The molecule has 0 aliphatic carbocycles. The fourth-order valence-corrected chi connectivity index (χ4v) is 2.37. The molecule has 0 fully saturated rings. The Kier molecular flexibility index (Phi) is 5.17. The second-order valence-electron chi connectivity index (χ2n) is 5.25. The molecule has 0 aliphatic rings. The average molecular weight is 285 g/mol. The van der Waals surface area contributed by atoms with E-state index in [1.165, 1.54) is 5.56 Å². The highest BCUT2D eigenvalue weighted by atomic mass is 16.1. The molecule has 1 unspecified atom stereocenters. The number of aryl methyl sites for hydroxylation is 1. The van der Waals surface area contributed by atoms with Gasteiger partial charge in [0.1, 0.15) is 6.54 Å². The number of hydrogen-bond donors (Lipinski definition) is 2. The molecular formula is C17H23N3O. The van der Waals surface area contributed by atoms with E-state index in [1.807, 2.05) is 54.1 Å². The van der Waals surface area contributed by atoms with Crippen molar-refractivity contribution in [3.05, 3.63) is 53.9 Å². The molecule has 1 amide bonds. The van der Waals surface area contributed by atoms with Gasteiger partial charge in [-0.05, 0) is 44.7 Å². The van der Waals surface area contributed by atoms with Crippen LogP contribution >= 0.6 is 0 Å². The SMILES string of the molecule is CCNC(C)c1cccn1CC(=O)Nc1ccc(C)cc1. The average Bonchev–Trinajstić information content (AvgIpc) is 2.90. The number of nitrogens with one attached hydrogen (secondary N) is 2. The first-order chi connectivity index (χ1) is 10.1. The summed E-state index contributed by atoms with van der Waals surface area (Å²) in [5.41, 5.74) is 3.13. The van der Waals surface area contributed by atoms with E-state index in [9.17, 15) is 4.79 Å². The number of anilines is 1. The lowest BCUT2D eigenvalue weighted by atomic mass is 10.2. The molecule has 21 heavy (non-hydrogen) atoms. The van der Waals surface area contributed by atoms with Crippen molar-refractivity contribution in [3.63, 3.8) is 0 Å². The summed E-state index contributed by atoms with van der Waals surface area (Å²) in [6, 6.07) is 12.1. The second kappa shape index (κ2) is 7.09. The van der Waals surface area contributed by atoms with E-state index in [0.29, 0.717) is 6.54 Å². The second-order valence-corrected chi connectivity index (χ2v) is 5.25. The third kappa shape index (κ3) is 4.20. The highest BCUT2D eigenvalue weighted by molar-refractivity contribution is 5.90. The fourth-order valence-electron chi connectivity index (χ4n) is 2.37. The zero-order chi connectivity index (χ0) is 15.2. The van der Waals surface area contributed by atoms with Crippen LogP contribution in [0.1, 0.15) is 31.1 Å². The molecule has 0 spiro atoms. The van der Waals surface area contributed by atoms with Gasteiger partial charge in [0.25, 0.3) is 0 Å². The summed E-state index contributed by atoms with van der Waals surface area (Å²) >= 11 is 0. The van der Waals surface area contributed by atoms with Gasteiger partial charge in [-0.3, -0.25) is 4.79 Å². The Morgan fingerprint density at radius 1 is 1.24 bits per heavy atom. The maximum Gasteiger partial charge on any atom is 0.244 e. The minimum atomic E-state index is -0.0139. The van der Waals surface area contributed by atoms with E-state index < -0.39 is 0 Å². The van der Waals surface area contributed by atoms with Crippen LogP contribution in [-0.4, -0.2) is 17.0 Å². The third-order valence-electron chi connectivity index (χ3n) is 3.47. The molecule has 1 atom stereocenters. The van der Waals surface area contributed by atoms with Crippen molar-refractivity contribution in [3.8, 4) is 0 Å². The van der Waals surface area contributed by atoms with Gasteiger partial charge in [-0.2, -0.15) is 0 Å². The summed E-state index contributed by atoms with van der Waals surface area (Å²) < 4.78 is 1.98. The van der Waals surface area contributed by atoms with Crippen molar-refractivity contribution in [1.82, 2.24) is 9.88 Å². The molecule has 1 heterocycles. The first-order valence-corrected chi connectivity index (χ1v) is 7.35. The van der Waals surface area contributed by atoms with E-state index in [1.54, 1.807) is 0 Å². The molecule has 2 rings (SSSR count). The summed E-state index contributed by atoms with van der Waals surface area (Å²) in [6.07, 6.45) is 1.94. The van der Waals surface area contributed by atoms with Crippen molar-refractivity contribution in [2.75, 3.05) is 11.9 Å². The normalized spacial score (nSPS) is 12.1. The van der Waals surface area contributed by atoms with Crippen molar-refractivity contribution >= 4 is 11.6 Å².